The molecule has 4 heteroatoms. The summed E-state index contributed by atoms with van der Waals surface area (Å²) in [4.78, 5) is 4.76. The van der Waals surface area contributed by atoms with Crippen molar-refractivity contribution >= 4 is 11.3 Å². The number of hydrogen-bond acceptors (Lipinski definition) is 4. The smallest absolute Gasteiger partial charge is 0.120 e. The van der Waals surface area contributed by atoms with E-state index >= 15 is 0 Å². The summed E-state index contributed by atoms with van der Waals surface area (Å²) in [6.07, 6.45) is 2.52. The normalized spacial score (nSPS) is 25.4. The molecule has 1 aromatic heterocycles. The summed E-state index contributed by atoms with van der Waals surface area (Å²) < 4.78 is 5.91. The van der Waals surface area contributed by atoms with Crippen molar-refractivity contribution in [2.24, 2.45) is 0 Å². The minimum Gasteiger partial charge on any atom is -0.374 e. The SMILES string of the molecule is Cc1csc(C2(NC3CC3)COCc3ccccc32)n1. The summed E-state index contributed by atoms with van der Waals surface area (Å²) in [5.41, 5.74) is 3.45. The number of aryl methyl sites for hydroxylation is 1. The first-order valence-electron chi connectivity index (χ1n) is 7.14. The number of nitrogens with one attached hydrogen (secondary N) is 1. The molecule has 0 saturated heterocycles. The first-order chi connectivity index (χ1) is 9.78. The fraction of sp³-hybridized carbons (Fsp3) is 0.438. The Hall–Kier alpha value is -1.23. The molecule has 0 amide bonds. The van der Waals surface area contributed by atoms with Gasteiger partial charge in [0.25, 0.3) is 0 Å². The van der Waals surface area contributed by atoms with Crippen LogP contribution in [0.25, 0.3) is 0 Å². The molecule has 0 spiro atoms. The quantitative estimate of drug-likeness (QED) is 0.942. The second-order valence-electron chi connectivity index (χ2n) is 5.77. The maximum atomic E-state index is 5.91. The number of ether oxygens (including phenoxy) is 1. The molecule has 1 N–H and O–H groups in total. The standard InChI is InChI=1S/C16H18N2OS/c1-11-9-20-15(17-11)16(18-13-6-7-13)10-19-8-12-4-2-3-5-14(12)16/h2-5,9,13,18H,6-8,10H2,1H3. The third kappa shape index (κ3) is 1.99. The maximum absolute atomic E-state index is 5.91. The van der Waals surface area contributed by atoms with Gasteiger partial charge in [0.15, 0.2) is 0 Å². The van der Waals surface area contributed by atoms with Gasteiger partial charge in [-0.2, -0.15) is 0 Å². The van der Waals surface area contributed by atoms with Crippen LogP contribution in [-0.2, 0) is 16.9 Å². The Labute approximate surface area is 123 Å². The second-order valence-corrected chi connectivity index (χ2v) is 6.63. The van der Waals surface area contributed by atoms with Gasteiger partial charge in [-0.15, -0.1) is 11.3 Å². The Morgan fingerprint density at radius 3 is 2.95 bits per heavy atom. The highest BCUT2D eigenvalue weighted by Gasteiger charge is 2.44. The zero-order valence-electron chi connectivity index (χ0n) is 11.6. The van der Waals surface area contributed by atoms with Gasteiger partial charge in [0.1, 0.15) is 10.5 Å². The first kappa shape index (κ1) is 12.5. The van der Waals surface area contributed by atoms with Crippen molar-refractivity contribution in [1.29, 1.82) is 0 Å². The van der Waals surface area contributed by atoms with Gasteiger partial charge in [0.2, 0.25) is 0 Å². The van der Waals surface area contributed by atoms with Crippen LogP contribution in [0.15, 0.2) is 29.6 Å². The Morgan fingerprint density at radius 2 is 2.20 bits per heavy atom. The first-order valence-corrected chi connectivity index (χ1v) is 8.02. The number of hydrogen-bond donors (Lipinski definition) is 1. The lowest BCUT2D eigenvalue weighted by Gasteiger charge is -2.38. The van der Waals surface area contributed by atoms with Crippen LogP contribution in [0.4, 0.5) is 0 Å². The topological polar surface area (TPSA) is 34.1 Å². The van der Waals surface area contributed by atoms with Crippen LogP contribution in [0.1, 0.15) is 34.7 Å². The van der Waals surface area contributed by atoms with Gasteiger partial charge in [0, 0.05) is 17.1 Å². The lowest BCUT2D eigenvalue weighted by atomic mass is 9.85. The zero-order valence-corrected chi connectivity index (χ0v) is 12.4. The lowest BCUT2D eigenvalue weighted by Crippen LogP contribution is -2.50. The molecule has 2 heterocycles. The van der Waals surface area contributed by atoms with Crippen LogP contribution in [0.2, 0.25) is 0 Å². The maximum Gasteiger partial charge on any atom is 0.120 e. The molecule has 1 aliphatic carbocycles. The number of fused-ring (bicyclic) bond motifs is 1. The summed E-state index contributed by atoms with van der Waals surface area (Å²) in [5, 5.41) is 7.08. The largest absolute Gasteiger partial charge is 0.374 e. The van der Waals surface area contributed by atoms with Crippen LogP contribution >= 0.6 is 11.3 Å². The predicted octanol–water partition coefficient (Wildman–Crippen LogP) is 2.98. The molecule has 104 valence electrons. The molecule has 1 fully saturated rings. The summed E-state index contributed by atoms with van der Waals surface area (Å²) in [7, 11) is 0. The molecule has 2 aromatic rings. The van der Waals surface area contributed by atoms with Crippen LogP contribution in [-0.4, -0.2) is 17.6 Å². The van der Waals surface area contributed by atoms with Crippen LogP contribution in [0.3, 0.4) is 0 Å². The molecule has 1 atom stereocenters. The molecule has 0 radical (unpaired) electrons. The number of nitrogens with zero attached hydrogens (tertiary/aromatic N) is 1. The van der Waals surface area contributed by atoms with E-state index in [1.54, 1.807) is 11.3 Å². The van der Waals surface area contributed by atoms with Crippen molar-refractivity contribution in [3.05, 3.63) is 51.5 Å². The van der Waals surface area contributed by atoms with Crippen LogP contribution < -0.4 is 5.32 Å². The van der Waals surface area contributed by atoms with Gasteiger partial charge < -0.3 is 4.74 Å². The van der Waals surface area contributed by atoms with E-state index in [0.717, 1.165) is 10.7 Å². The van der Waals surface area contributed by atoms with E-state index in [0.29, 0.717) is 19.3 Å². The molecular weight excluding hydrogens is 268 g/mol. The average molecular weight is 286 g/mol. The van der Waals surface area contributed by atoms with Crippen molar-refractivity contribution in [1.82, 2.24) is 10.3 Å². The summed E-state index contributed by atoms with van der Waals surface area (Å²) in [6, 6.07) is 9.20. The third-order valence-corrected chi connectivity index (χ3v) is 5.19. The third-order valence-electron chi connectivity index (χ3n) is 4.07. The molecule has 1 aliphatic heterocycles. The molecule has 4 rings (SSSR count). The van der Waals surface area contributed by atoms with E-state index in [9.17, 15) is 0 Å². The zero-order chi connectivity index (χ0) is 13.6. The van der Waals surface area contributed by atoms with Crippen molar-refractivity contribution < 1.29 is 4.74 Å². The Balaban J connectivity index is 1.87. The molecular formula is C16H18N2OS. The highest BCUT2D eigenvalue weighted by Crippen LogP contribution is 2.40. The van der Waals surface area contributed by atoms with Crippen LogP contribution in [0.5, 0.6) is 0 Å². The van der Waals surface area contributed by atoms with E-state index in [4.69, 9.17) is 9.72 Å². The fourth-order valence-electron chi connectivity index (χ4n) is 2.94. The summed E-state index contributed by atoms with van der Waals surface area (Å²) in [6.45, 7) is 3.43. The van der Waals surface area contributed by atoms with Gasteiger partial charge in [-0.1, -0.05) is 24.3 Å². The number of aromatic nitrogens is 1. The molecule has 1 aromatic carbocycles. The number of benzene rings is 1. The molecule has 0 bridgehead atoms. The van der Waals surface area contributed by atoms with Gasteiger partial charge in [-0.25, -0.2) is 4.98 Å². The van der Waals surface area contributed by atoms with Crippen molar-refractivity contribution in [2.75, 3.05) is 6.61 Å². The molecule has 3 nitrogen and oxygen atoms in total. The van der Waals surface area contributed by atoms with Crippen molar-refractivity contribution in [3.8, 4) is 0 Å². The summed E-state index contributed by atoms with van der Waals surface area (Å²) >= 11 is 1.73. The van der Waals surface area contributed by atoms with Crippen molar-refractivity contribution in [3.63, 3.8) is 0 Å². The lowest BCUT2D eigenvalue weighted by molar-refractivity contribution is 0.0514. The molecule has 20 heavy (non-hydrogen) atoms. The van der Waals surface area contributed by atoms with Gasteiger partial charge in [0.05, 0.1) is 13.2 Å². The summed E-state index contributed by atoms with van der Waals surface area (Å²) in [5.74, 6) is 0. The monoisotopic (exact) mass is 286 g/mol. The highest BCUT2D eigenvalue weighted by atomic mass is 32.1. The molecule has 2 aliphatic rings. The highest BCUT2D eigenvalue weighted by molar-refractivity contribution is 7.09. The van der Waals surface area contributed by atoms with E-state index in [-0.39, 0.29) is 5.54 Å². The minimum absolute atomic E-state index is 0.255. The second kappa shape index (κ2) is 4.65. The molecule has 1 saturated carbocycles. The van der Waals surface area contributed by atoms with E-state index in [1.807, 2.05) is 0 Å². The number of thiazole rings is 1. The van der Waals surface area contributed by atoms with E-state index in [2.05, 4.69) is 41.9 Å². The average Bonchev–Trinajstić information content (AvgIpc) is 3.17. The van der Waals surface area contributed by atoms with Crippen molar-refractivity contribution in [2.45, 2.75) is 38.0 Å². The Bertz CT molecular complexity index is 635. The number of rotatable bonds is 3. The van der Waals surface area contributed by atoms with Crippen LogP contribution in [0, 0.1) is 6.92 Å². The Kier molecular flexibility index (Phi) is 2.91. The van der Waals surface area contributed by atoms with E-state index in [1.165, 1.54) is 24.0 Å². The van der Waals surface area contributed by atoms with Gasteiger partial charge in [-0.05, 0) is 30.9 Å². The fourth-order valence-corrected chi connectivity index (χ4v) is 3.90. The van der Waals surface area contributed by atoms with Gasteiger partial charge in [-0.3, -0.25) is 5.32 Å². The van der Waals surface area contributed by atoms with Gasteiger partial charge >= 0.3 is 0 Å². The van der Waals surface area contributed by atoms with E-state index < -0.39 is 0 Å². The predicted molar refractivity (Wildman–Crippen MR) is 79.9 cm³/mol. The minimum atomic E-state index is -0.255. The molecule has 1 unspecified atom stereocenters. The Morgan fingerprint density at radius 1 is 1.35 bits per heavy atom.